The molecule has 1 aromatic rings. The van der Waals surface area contributed by atoms with Crippen LogP contribution in [0.5, 0.6) is 0 Å². The molecule has 0 aromatic carbocycles. The molecule has 2 nitrogen and oxygen atoms in total. The van der Waals surface area contributed by atoms with E-state index >= 15 is 0 Å². The predicted octanol–water partition coefficient (Wildman–Crippen LogP) is 2.25. The number of carbonyl (C=O) groups excluding carboxylic acids is 1. The van der Waals surface area contributed by atoms with E-state index in [4.69, 9.17) is 0 Å². The maximum absolute atomic E-state index is 10.5. The Balaban J connectivity index is 2.35. The molecular weight excluding hydrogens is 182 g/mol. The molecular formula is C10H11NOS. The molecule has 0 atom stereocenters. The lowest BCUT2D eigenvalue weighted by Crippen LogP contribution is -2.04. The van der Waals surface area contributed by atoms with Crippen LogP contribution in [0, 0.1) is 0 Å². The topological polar surface area (TPSA) is 30.0 Å². The first-order valence-electron chi connectivity index (χ1n) is 4.29. The second-order valence-electron chi connectivity index (χ2n) is 3.26. The van der Waals surface area contributed by atoms with Gasteiger partial charge in [-0.15, -0.1) is 0 Å². The zero-order valence-corrected chi connectivity index (χ0v) is 8.30. The second-order valence-corrected chi connectivity index (χ2v) is 4.45. The van der Waals surface area contributed by atoms with Gasteiger partial charge in [-0.1, -0.05) is 6.07 Å². The summed E-state index contributed by atoms with van der Waals surface area (Å²) in [4.78, 5) is 14.8. The van der Waals surface area contributed by atoms with E-state index in [1.54, 1.807) is 6.07 Å². The molecule has 0 radical (unpaired) electrons. The Kier molecular flexibility index (Phi) is 2.12. The molecule has 0 spiro atoms. The number of aromatic nitrogens is 1. The number of carbonyl (C=O) groups is 1. The first-order chi connectivity index (χ1) is 6.30. The Hall–Kier alpha value is -0.830. The Bertz CT molecular complexity index is 333. The molecule has 0 saturated heterocycles. The Labute approximate surface area is 81.8 Å². The van der Waals surface area contributed by atoms with Gasteiger partial charge in [0, 0.05) is 0 Å². The molecule has 0 bridgehead atoms. The smallest absolute Gasteiger partial charge is 0.168 e. The highest BCUT2D eigenvalue weighted by atomic mass is 32.2. The lowest BCUT2D eigenvalue weighted by Gasteiger charge is -2.10. The van der Waals surface area contributed by atoms with Crippen molar-refractivity contribution in [3.8, 4) is 0 Å². The lowest BCUT2D eigenvalue weighted by atomic mass is 10.2. The van der Waals surface area contributed by atoms with Crippen LogP contribution in [0.15, 0.2) is 18.2 Å². The summed E-state index contributed by atoms with van der Waals surface area (Å²) < 4.78 is 0.221. The fourth-order valence-electron chi connectivity index (χ4n) is 1.45. The van der Waals surface area contributed by atoms with Crippen LogP contribution < -0.4 is 0 Å². The molecule has 3 heteroatoms. The lowest BCUT2D eigenvalue weighted by molar-refractivity contribution is 0.111. The minimum atomic E-state index is 0.221. The minimum absolute atomic E-state index is 0.221. The monoisotopic (exact) mass is 193 g/mol. The van der Waals surface area contributed by atoms with Crippen LogP contribution in [0.4, 0.5) is 0 Å². The van der Waals surface area contributed by atoms with Crippen molar-refractivity contribution >= 4 is 18.0 Å². The Morgan fingerprint density at radius 1 is 1.54 bits per heavy atom. The summed E-state index contributed by atoms with van der Waals surface area (Å²) >= 11 is 1.83. The summed E-state index contributed by atoms with van der Waals surface area (Å²) in [6, 6.07) is 5.66. The van der Waals surface area contributed by atoms with Gasteiger partial charge in [0.15, 0.2) is 6.29 Å². The van der Waals surface area contributed by atoms with Gasteiger partial charge < -0.3 is 0 Å². The highest BCUT2D eigenvalue weighted by Gasteiger charge is 2.44. The van der Waals surface area contributed by atoms with Crippen molar-refractivity contribution in [1.82, 2.24) is 4.98 Å². The number of hydrogen-bond acceptors (Lipinski definition) is 3. The van der Waals surface area contributed by atoms with Crippen LogP contribution in [0.2, 0.25) is 0 Å². The van der Waals surface area contributed by atoms with E-state index in [1.807, 2.05) is 23.9 Å². The molecule has 0 unspecified atom stereocenters. The fraction of sp³-hybridized carbons (Fsp3) is 0.400. The predicted molar refractivity (Wildman–Crippen MR) is 54.1 cm³/mol. The standard InChI is InChI=1S/C10H11NOS/c1-13-10(5-6-10)9-4-2-3-8(7-12)11-9/h2-4,7H,5-6H2,1H3. The second kappa shape index (κ2) is 3.14. The normalized spacial score (nSPS) is 18.2. The molecule has 1 saturated carbocycles. The molecule has 0 amide bonds. The van der Waals surface area contributed by atoms with Gasteiger partial charge in [0.1, 0.15) is 5.69 Å². The van der Waals surface area contributed by atoms with Crippen molar-refractivity contribution < 1.29 is 4.79 Å². The van der Waals surface area contributed by atoms with Gasteiger partial charge in [-0.2, -0.15) is 11.8 Å². The Morgan fingerprint density at radius 2 is 2.31 bits per heavy atom. The molecule has 13 heavy (non-hydrogen) atoms. The highest BCUT2D eigenvalue weighted by Crippen LogP contribution is 2.55. The molecule has 0 N–H and O–H groups in total. The van der Waals surface area contributed by atoms with Crippen molar-refractivity contribution in [2.75, 3.05) is 6.26 Å². The number of pyridine rings is 1. The third-order valence-corrected chi connectivity index (χ3v) is 3.85. The number of thioether (sulfide) groups is 1. The molecule has 2 rings (SSSR count). The molecule has 0 aliphatic heterocycles. The number of nitrogens with zero attached hydrogens (tertiary/aromatic N) is 1. The summed E-state index contributed by atoms with van der Waals surface area (Å²) in [5.41, 5.74) is 1.60. The third kappa shape index (κ3) is 1.48. The van der Waals surface area contributed by atoms with Gasteiger partial charge in [0.2, 0.25) is 0 Å². The number of hydrogen-bond donors (Lipinski definition) is 0. The van der Waals surface area contributed by atoms with Crippen molar-refractivity contribution in [3.05, 3.63) is 29.6 Å². The summed E-state index contributed by atoms with van der Waals surface area (Å²) in [5.74, 6) is 0. The van der Waals surface area contributed by atoms with E-state index in [9.17, 15) is 4.79 Å². The average molecular weight is 193 g/mol. The molecule has 1 aliphatic rings. The first kappa shape index (κ1) is 8.75. The van der Waals surface area contributed by atoms with Crippen LogP contribution in [0.3, 0.4) is 0 Å². The van der Waals surface area contributed by atoms with Crippen molar-refractivity contribution in [1.29, 1.82) is 0 Å². The SMILES string of the molecule is CSC1(c2cccc(C=O)n2)CC1. The van der Waals surface area contributed by atoms with Gasteiger partial charge >= 0.3 is 0 Å². The van der Waals surface area contributed by atoms with Gasteiger partial charge in [-0.05, 0) is 31.2 Å². The van der Waals surface area contributed by atoms with Crippen molar-refractivity contribution in [2.24, 2.45) is 0 Å². The quantitative estimate of drug-likeness (QED) is 0.690. The van der Waals surface area contributed by atoms with E-state index in [2.05, 4.69) is 11.2 Å². The zero-order valence-electron chi connectivity index (χ0n) is 7.49. The van der Waals surface area contributed by atoms with E-state index in [-0.39, 0.29) is 4.75 Å². The van der Waals surface area contributed by atoms with E-state index in [0.717, 1.165) is 12.0 Å². The number of aldehydes is 1. The molecule has 68 valence electrons. The molecule has 1 aromatic heterocycles. The first-order valence-corrected chi connectivity index (χ1v) is 5.51. The number of rotatable bonds is 3. The maximum Gasteiger partial charge on any atom is 0.168 e. The minimum Gasteiger partial charge on any atom is -0.296 e. The summed E-state index contributed by atoms with van der Waals surface area (Å²) in [7, 11) is 0. The molecule has 1 heterocycles. The van der Waals surface area contributed by atoms with Crippen LogP contribution in [-0.4, -0.2) is 17.5 Å². The Morgan fingerprint density at radius 3 is 2.85 bits per heavy atom. The van der Waals surface area contributed by atoms with Gasteiger partial charge in [0.25, 0.3) is 0 Å². The fourth-order valence-corrected chi connectivity index (χ4v) is 2.28. The average Bonchev–Trinajstić information content (AvgIpc) is 2.99. The van der Waals surface area contributed by atoms with E-state index in [1.165, 1.54) is 12.8 Å². The summed E-state index contributed by atoms with van der Waals surface area (Å²) in [5, 5.41) is 0. The maximum atomic E-state index is 10.5. The van der Waals surface area contributed by atoms with E-state index < -0.39 is 0 Å². The van der Waals surface area contributed by atoms with Gasteiger partial charge in [-0.25, -0.2) is 4.98 Å². The zero-order chi connectivity index (χ0) is 9.31. The molecule has 1 aliphatic carbocycles. The van der Waals surface area contributed by atoms with Crippen LogP contribution in [0.25, 0.3) is 0 Å². The summed E-state index contributed by atoms with van der Waals surface area (Å²) in [6.45, 7) is 0. The van der Waals surface area contributed by atoms with Crippen LogP contribution in [0.1, 0.15) is 29.0 Å². The van der Waals surface area contributed by atoms with Crippen molar-refractivity contribution in [2.45, 2.75) is 17.6 Å². The van der Waals surface area contributed by atoms with Crippen LogP contribution in [-0.2, 0) is 4.75 Å². The third-order valence-electron chi connectivity index (χ3n) is 2.45. The van der Waals surface area contributed by atoms with Gasteiger partial charge in [0.05, 0.1) is 10.4 Å². The highest BCUT2D eigenvalue weighted by molar-refractivity contribution is 7.99. The largest absolute Gasteiger partial charge is 0.296 e. The van der Waals surface area contributed by atoms with Crippen LogP contribution >= 0.6 is 11.8 Å². The van der Waals surface area contributed by atoms with Gasteiger partial charge in [-0.3, -0.25) is 4.79 Å². The van der Waals surface area contributed by atoms with Crippen molar-refractivity contribution in [3.63, 3.8) is 0 Å². The molecule has 1 fully saturated rings. The van der Waals surface area contributed by atoms with E-state index in [0.29, 0.717) is 5.69 Å². The summed E-state index contributed by atoms with van der Waals surface area (Å²) in [6.07, 6.45) is 5.27.